The predicted octanol–water partition coefficient (Wildman–Crippen LogP) is 3.02. The van der Waals surface area contributed by atoms with Crippen LogP contribution in [0.5, 0.6) is 5.75 Å². The van der Waals surface area contributed by atoms with Crippen molar-refractivity contribution >= 4 is 53.3 Å². The van der Waals surface area contributed by atoms with Crippen molar-refractivity contribution in [1.29, 1.82) is 0 Å². The van der Waals surface area contributed by atoms with Gasteiger partial charge in [0.1, 0.15) is 5.75 Å². The Morgan fingerprint density at radius 3 is 2.89 bits per heavy atom. The van der Waals surface area contributed by atoms with Crippen molar-refractivity contribution in [2.75, 3.05) is 11.5 Å². The highest BCUT2D eigenvalue weighted by Crippen LogP contribution is 2.37. The van der Waals surface area contributed by atoms with Crippen LogP contribution in [-0.2, 0) is 10.1 Å². The Morgan fingerprint density at radius 2 is 2.16 bits per heavy atom. The number of hydrogen-bond donors (Lipinski definition) is 2. The predicted molar refractivity (Wildman–Crippen MR) is 80.6 cm³/mol. The maximum Gasteiger partial charge on any atom is 0.264 e. The molecular weight excluding hydrogens is 326 g/mol. The number of aromatic hydroxyl groups is 1. The maximum atomic E-state index is 10.5. The second kappa shape index (κ2) is 6.31. The van der Waals surface area contributed by atoms with E-state index in [1.54, 1.807) is 18.2 Å². The zero-order valence-electron chi connectivity index (χ0n) is 9.64. The summed E-state index contributed by atoms with van der Waals surface area (Å²) in [5, 5.41) is 9.35. The van der Waals surface area contributed by atoms with E-state index in [9.17, 15) is 13.5 Å². The number of aromatic nitrogens is 1. The monoisotopic (exact) mass is 337 g/mol. The summed E-state index contributed by atoms with van der Waals surface area (Å²) >= 11 is 1.48. The summed E-state index contributed by atoms with van der Waals surface area (Å²) in [5.74, 6) is 0.619. The van der Waals surface area contributed by atoms with Gasteiger partial charge in [-0.1, -0.05) is 10.8 Å². The molecule has 1 aromatic carbocycles. The van der Waals surface area contributed by atoms with E-state index in [0.717, 1.165) is 14.6 Å². The van der Waals surface area contributed by atoms with E-state index in [0.29, 0.717) is 12.2 Å². The summed E-state index contributed by atoms with van der Waals surface area (Å²) in [6.45, 7) is 0. The molecule has 0 unspecified atom stereocenters. The first-order valence-electron chi connectivity index (χ1n) is 5.28. The number of phenolic OH excluding ortho intramolecular Hbond substituents is 1. The minimum absolute atomic E-state index is 0.214. The average molecular weight is 337 g/mol. The van der Waals surface area contributed by atoms with Gasteiger partial charge < -0.3 is 5.11 Å². The van der Waals surface area contributed by atoms with Gasteiger partial charge in [0.15, 0.2) is 4.34 Å². The van der Waals surface area contributed by atoms with E-state index in [4.69, 9.17) is 4.55 Å². The summed E-state index contributed by atoms with van der Waals surface area (Å²) in [5.41, 5.74) is 0.837. The lowest BCUT2D eigenvalue weighted by Crippen LogP contribution is -2.03. The van der Waals surface area contributed by atoms with Crippen molar-refractivity contribution in [2.24, 2.45) is 0 Å². The molecule has 0 aliphatic heterocycles. The maximum absolute atomic E-state index is 10.5. The topological polar surface area (TPSA) is 87.5 Å². The van der Waals surface area contributed by atoms with Crippen LogP contribution in [0.25, 0.3) is 10.2 Å². The van der Waals surface area contributed by atoms with Crippen LogP contribution in [0.2, 0.25) is 0 Å². The SMILES string of the molecule is O=S(=O)(O)CCCSSc1nc2ccc(O)cc2s1. The molecule has 0 fully saturated rings. The van der Waals surface area contributed by atoms with Crippen LogP contribution >= 0.6 is 32.9 Å². The normalized spacial score (nSPS) is 12.1. The average Bonchev–Trinajstić information content (AvgIpc) is 2.68. The molecular formula is C10H11NO4S4. The van der Waals surface area contributed by atoms with Gasteiger partial charge in [-0.2, -0.15) is 8.42 Å². The van der Waals surface area contributed by atoms with Gasteiger partial charge in [-0.15, -0.1) is 11.3 Å². The van der Waals surface area contributed by atoms with E-state index in [-0.39, 0.29) is 11.5 Å². The molecule has 0 aliphatic carbocycles. The van der Waals surface area contributed by atoms with Crippen molar-refractivity contribution in [3.63, 3.8) is 0 Å². The van der Waals surface area contributed by atoms with Gasteiger partial charge in [-0.25, -0.2) is 4.98 Å². The zero-order valence-corrected chi connectivity index (χ0v) is 12.9. The lowest BCUT2D eigenvalue weighted by molar-refractivity contribution is 0.476. The number of hydrogen-bond acceptors (Lipinski definition) is 7. The third-order valence-corrected chi connectivity index (χ3v) is 6.68. The number of fused-ring (bicyclic) bond motifs is 1. The van der Waals surface area contributed by atoms with Crippen molar-refractivity contribution in [3.05, 3.63) is 18.2 Å². The molecule has 104 valence electrons. The molecule has 0 saturated heterocycles. The first kappa shape index (κ1) is 14.9. The minimum Gasteiger partial charge on any atom is -0.508 e. The highest BCUT2D eigenvalue weighted by molar-refractivity contribution is 8.77. The van der Waals surface area contributed by atoms with Crippen molar-refractivity contribution in [3.8, 4) is 5.75 Å². The van der Waals surface area contributed by atoms with E-state index in [2.05, 4.69) is 4.98 Å². The smallest absolute Gasteiger partial charge is 0.264 e. The first-order valence-corrected chi connectivity index (χ1v) is 10.0. The zero-order chi connectivity index (χ0) is 13.9. The van der Waals surface area contributed by atoms with E-state index < -0.39 is 10.1 Å². The molecule has 2 N–H and O–H groups in total. The van der Waals surface area contributed by atoms with Gasteiger partial charge in [-0.3, -0.25) is 4.55 Å². The molecule has 2 aromatic rings. The van der Waals surface area contributed by atoms with Gasteiger partial charge in [0, 0.05) is 5.75 Å². The van der Waals surface area contributed by atoms with Gasteiger partial charge in [-0.05, 0) is 35.4 Å². The van der Waals surface area contributed by atoms with Crippen LogP contribution in [0, 0.1) is 0 Å². The quantitative estimate of drug-likeness (QED) is 0.476. The number of thiazole rings is 1. The molecule has 0 amide bonds. The molecule has 0 radical (unpaired) electrons. The van der Waals surface area contributed by atoms with Gasteiger partial charge in [0.2, 0.25) is 0 Å². The Kier molecular flexibility index (Phi) is 4.96. The second-order valence-corrected chi connectivity index (χ2v) is 8.94. The third-order valence-electron chi connectivity index (χ3n) is 2.11. The summed E-state index contributed by atoms with van der Waals surface area (Å²) < 4.78 is 31.4. The highest BCUT2D eigenvalue weighted by atomic mass is 33.1. The van der Waals surface area contributed by atoms with E-state index in [1.165, 1.54) is 32.9 Å². The lowest BCUT2D eigenvalue weighted by atomic mass is 10.3. The fourth-order valence-electron chi connectivity index (χ4n) is 1.32. The summed E-state index contributed by atoms with van der Waals surface area (Å²) in [6, 6.07) is 5.02. The molecule has 0 spiro atoms. The van der Waals surface area contributed by atoms with Crippen LogP contribution in [0.15, 0.2) is 22.5 Å². The number of phenols is 1. The van der Waals surface area contributed by atoms with Gasteiger partial charge >= 0.3 is 0 Å². The van der Waals surface area contributed by atoms with Crippen LogP contribution in [-0.4, -0.2) is 34.6 Å². The molecule has 5 nitrogen and oxygen atoms in total. The highest BCUT2D eigenvalue weighted by Gasteiger charge is 2.07. The first-order chi connectivity index (χ1) is 8.94. The third kappa shape index (κ3) is 4.84. The van der Waals surface area contributed by atoms with Gasteiger partial charge in [0.25, 0.3) is 10.1 Å². The Labute approximate surface area is 122 Å². The van der Waals surface area contributed by atoms with Crippen LogP contribution in [0.3, 0.4) is 0 Å². The van der Waals surface area contributed by atoms with Crippen LogP contribution in [0.1, 0.15) is 6.42 Å². The Morgan fingerprint density at radius 1 is 1.37 bits per heavy atom. The van der Waals surface area contributed by atoms with Crippen LogP contribution in [0.4, 0.5) is 0 Å². The molecule has 1 aromatic heterocycles. The molecule has 0 aliphatic rings. The van der Waals surface area contributed by atoms with Gasteiger partial charge in [0.05, 0.1) is 16.0 Å². The largest absolute Gasteiger partial charge is 0.508 e. The Hall–Kier alpha value is -0.480. The summed E-state index contributed by atoms with van der Waals surface area (Å²) in [4.78, 5) is 4.38. The fourth-order valence-corrected chi connectivity index (χ4v) is 5.49. The van der Waals surface area contributed by atoms with Crippen molar-refractivity contribution in [2.45, 2.75) is 10.8 Å². The summed E-state index contributed by atoms with van der Waals surface area (Å²) in [6.07, 6.45) is 0.405. The molecule has 2 rings (SSSR count). The molecule has 9 heteroatoms. The second-order valence-electron chi connectivity index (χ2n) is 3.68. The molecule has 0 saturated carbocycles. The number of rotatable bonds is 6. The lowest BCUT2D eigenvalue weighted by Gasteiger charge is -1.96. The Balaban J connectivity index is 1.85. The van der Waals surface area contributed by atoms with E-state index in [1.807, 2.05) is 0 Å². The fraction of sp³-hybridized carbons (Fsp3) is 0.300. The molecule has 0 atom stereocenters. The Bertz CT molecular complexity index is 667. The standard InChI is InChI=1S/C10H11NO4S4/c12-7-2-3-8-9(6-7)17-10(11-8)18-16-4-1-5-19(13,14)15/h2-3,6,12H,1,4-5H2,(H,13,14,15). The molecule has 0 bridgehead atoms. The number of nitrogens with zero attached hydrogens (tertiary/aromatic N) is 1. The molecule has 1 heterocycles. The van der Waals surface area contributed by atoms with Crippen molar-refractivity contribution in [1.82, 2.24) is 4.98 Å². The molecule has 19 heavy (non-hydrogen) atoms. The summed E-state index contributed by atoms with van der Waals surface area (Å²) in [7, 11) is -0.896. The van der Waals surface area contributed by atoms with Crippen molar-refractivity contribution < 1.29 is 18.1 Å². The minimum atomic E-state index is -3.86. The van der Waals surface area contributed by atoms with E-state index >= 15 is 0 Å². The number of benzene rings is 1. The van der Waals surface area contributed by atoms with Crippen LogP contribution < -0.4 is 0 Å².